The quantitative estimate of drug-likeness (QED) is 0.820. The van der Waals surface area contributed by atoms with Gasteiger partial charge in [0.25, 0.3) is 0 Å². The molecule has 0 aromatic carbocycles. The van der Waals surface area contributed by atoms with E-state index >= 15 is 0 Å². The van der Waals surface area contributed by atoms with Crippen LogP contribution in [0.2, 0.25) is 0 Å². The number of aromatic nitrogens is 2. The first-order valence-corrected chi connectivity index (χ1v) is 6.03. The van der Waals surface area contributed by atoms with Crippen molar-refractivity contribution in [1.82, 2.24) is 14.9 Å². The smallest absolute Gasteiger partial charge is 0.122 e. The number of hydrogen-bond acceptors (Lipinski definition) is 2. The molecule has 2 unspecified atom stereocenters. The van der Waals surface area contributed by atoms with Crippen LogP contribution in [0.3, 0.4) is 0 Å². The Kier molecular flexibility index (Phi) is 3.41. The highest BCUT2D eigenvalue weighted by Gasteiger charge is 2.20. The van der Waals surface area contributed by atoms with Crippen molar-refractivity contribution in [3.63, 3.8) is 0 Å². The van der Waals surface area contributed by atoms with Gasteiger partial charge >= 0.3 is 0 Å². The number of rotatable bonds is 4. The molecule has 1 aliphatic rings. The van der Waals surface area contributed by atoms with Crippen LogP contribution >= 0.6 is 0 Å². The molecule has 2 rings (SSSR count). The van der Waals surface area contributed by atoms with Gasteiger partial charge in [0.1, 0.15) is 5.82 Å². The van der Waals surface area contributed by atoms with Crippen LogP contribution in [0, 0.1) is 5.92 Å². The Morgan fingerprint density at radius 3 is 3.07 bits per heavy atom. The summed E-state index contributed by atoms with van der Waals surface area (Å²) in [5, 5.41) is 3.61. The van der Waals surface area contributed by atoms with Crippen LogP contribution in [0.5, 0.6) is 0 Å². The lowest BCUT2D eigenvalue weighted by atomic mass is 10.1. The van der Waals surface area contributed by atoms with E-state index in [1.165, 1.54) is 19.3 Å². The van der Waals surface area contributed by atoms with Crippen LogP contribution in [0.1, 0.15) is 38.9 Å². The standard InChI is InChI=1S/C12H21N3/c1-3-15-7-6-13-12(15)9-14-11-5-4-10(2)8-11/h6-7,10-11,14H,3-5,8-9H2,1-2H3. The maximum absolute atomic E-state index is 4.37. The van der Waals surface area contributed by atoms with E-state index in [4.69, 9.17) is 0 Å². The van der Waals surface area contributed by atoms with Crippen molar-refractivity contribution in [2.75, 3.05) is 0 Å². The summed E-state index contributed by atoms with van der Waals surface area (Å²) in [6.07, 6.45) is 7.97. The van der Waals surface area contributed by atoms with Gasteiger partial charge in [-0.25, -0.2) is 4.98 Å². The van der Waals surface area contributed by atoms with Crippen LogP contribution in [0.25, 0.3) is 0 Å². The highest BCUT2D eigenvalue weighted by Crippen LogP contribution is 2.24. The van der Waals surface area contributed by atoms with E-state index in [0.717, 1.165) is 24.8 Å². The fourth-order valence-corrected chi connectivity index (χ4v) is 2.42. The summed E-state index contributed by atoms with van der Waals surface area (Å²) >= 11 is 0. The molecule has 2 atom stereocenters. The van der Waals surface area contributed by atoms with Crippen LogP contribution in [-0.4, -0.2) is 15.6 Å². The Labute approximate surface area is 91.9 Å². The Hall–Kier alpha value is -0.830. The van der Waals surface area contributed by atoms with E-state index in [2.05, 4.69) is 28.7 Å². The third kappa shape index (κ3) is 2.59. The molecule has 1 aromatic heterocycles. The SMILES string of the molecule is CCn1ccnc1CNC1CCC(C)C1. The van der Waals surface area contributed by atoms with Crippen molar-refractivity contribution in [2.24, 2.45) is 5.92 Å². The summed E-state index contributed by atoms with van der Waals surface area (Å²) in [5.74, 6) is 2.06. The number of imidazole rings is 1. The monoisotopic (exact) mass is 207 g/mol. The van der Waals surface area contributed by atoms with Crippen LogP contribution in [0.4, 0.5) is 0 Å². The largest absolute Gasteiger partial charge is 0.334 e. The van der Waals surface area contributed by atoms with Crippen molar-refractivity contribution >= 4 is 0 Å². The molecule has 1 aromatic rings. The van der Waals surface area contributed by atoms with Crippen molar-refractivity contribution < 1.29 is 0 Å². The molecule has 1 heterocycles. The van der Waals surface area contributed by atoms with Gasteiger partial charge in [-0.05, 0) is 32.1 Å². The van der Waals surface area contributed by atoms with Crippen LogP contribution in [0.15, 0.2) is 12.4 Å². The van der Waals surface area contributed by atoms with Crippen molar-refractivity contribution in [3.05, 3.63) is 18.2 Å². The fourth-order valence-electron chi connectivity index (χ4n) is 2.42. The first-order chi connectivity index (χ1) is 7.29. The molecule has 3 nitrogen and oxygen atoms in total. The zero-order valence-corrected chi connectivity index (χ0v) is 9.74. The fraction of sp³-hybridized carbons (Fsp3) is 0.750. The highest BCUT2D eigenvalue weighted by atomic mass is 15.1. The van der Waals surface area contributed by atoms with Gasteiger partial charge in [-0.3, -0.25) is 0 Å². The molecule has 3 heteroatoms. The Bertz CT molecular complexity index is 306. The van der Waals surface area contributed by atoms with E-state index in [1.54, 1.807) is 0 Å². The number of nitrogens with zero attached hydrogens (tertiary/aromatic N) is 2. The molecule has 0 aliphatic heterocycles. The van der Waals surface area contributed by atoms with Gasteiger partial charge in [-0.2, -0.15) is 0 Å². The van der Waals surface area contributed by atoms with Gasteiger partial charge < -0.3 is 9.88 Å². The van der Waals surface area contributed by atoms with Gasteiger partial charge in [0, 0.05) is 25.0 Å². The molecule has 0 spiro atoms. The van der Waals surface area contributed by atoms with Crippen molar-refractivity contribution in [3.8, 4) is 0 Å². The average Bonchev–Trinajstić information content (AvgIpc) is 2.83. The zero-order chi connectivity index (χ0) is 10.7. The van der Waals surface area contributed by atoms with E-state index in [1.807, 2.05) is 12.4 Å². The predicted octanol–water partition coefficient (Wildman–Crippen LogP) is 2.18. The summed E-state index contributed by atoms with van der Waals surface area (Å²) in [7, 11) is 0. The molecule has 0 radical (unpaired) electrons. The molecule has 1 aliphatic carbocycles. The Balaban J connectivity index is 1.83. The first kappa shape index (κ1) is 10.7. The number of aryl methyl sites for hydroxylation is 1. The lowest BCUT2D eigenvalue weighted by Crippen LogP contribution is -2.27. The summed E-state index contributed by atoms with van der Waals surface area (Å²) in [6.45, 7) is 6.42. The average molecular weight is 207 g/mol. The zero-order valence-electron chi connectivity index (χ0n) is 9.74. The summed E-state index contributed by atoms with van der Waals surface area (Å²) in [5.41, 5.74) is 0. The van der Waals surface area contributed by atoms with E-state index in [-0.39, 0.29) is 0 Å². The Morgan fingerprint density at radius 2 is 2.40 bits per heavy atom. The topological polar surface area (TPSA) is 29.9 Å². The maximum atomic E-state index is 4.37. The van der Waals surface area contributed by atoms with Crippen molar-refractivity contribution in [2.45, 2.75) is 52.2 Å². The predicted molar refractivity (Wildman–Crippen MR) is 61.5 cm³/mol. The van der Waals surface area contributed by atoms with Crippen LogP contribution in [-0.2, 0) is 13.1 Å². The second kappa shape index (κ2) is 4.79. The number of nitrogens with one attached hydrogen (secondary N) is 1. The lowest BCUT2D eigenvalue weighted by molar-refractivity contribution is 0.485. The van der Waals surface area contributed by atoms with Crippen molar-refractivity contribution in [1.29, 1.82) is 0 Å². The molecule has 0 saturated heterocycles. The molecule has 15 heavy (non-hydrogen) atoms. The van der Waals surface area contributed by atoms with Gasteiger partial charge in [0.15, 0.2) is 0 Å². The highest BCUT2D eigenvalue weighted by molar-refractivity contribution is 4.92. The third-order valence-corrected chi connectivity index (χ3v) is 3.39. The lowest BCUT2D eigenvalue weighted by Gasteiger charge is -2.12. The minimum Gasteiger partial charge on any atom is -0.334 e. The van der Waals surface area contributed by atoms with E-state index in [9.17, 15) is 0 Å². The van der Waals surface area contributed by atoms with E-state index in [0.29, 0.717) is 6.04 Å². The molecular formula is C12H21N3. The van der Waals surface area contributed by atoms with Gasteiger partial charge in [0.05, 0.1) is 6.54 Å². The first-order valence-electron chi connectivity index (χ1n) is 6.03. The maximum Gasteiger partial charge on any atom is 0.122 e. The van der Waals surface area contributed by atoms with Gasteiger partial charge in [-0.15, -0.1) is 0 Å². The molecular weight excluding hydrogens is 186 g/mol. The second-order valence-electron chi connectivity index (χ2n) is 4.63. The Morgan fingerprint density at radius 1 is 1.53 bits per heavy atom. The molecule has 84 valence electrons. The normalized spacial score (nSPS) is 26.0. The molecule has 0 amide bonds. The van der Waals surface area contributed by atoms with E-state index < -0.39 is 0 Å². The molecule has 0 bridgehead atoms. The minimum absolute atomic E-state index is 0.710. The van der Waals surface area contributed by atoms with Gasteiger partial charge in [-0.1, -0.05) is 6.92 Å². The van der Waals surface area contributed by atoms with Gasteiger partial charge in [0.2, 0.25) is 0 Å². The third-order valence-electron chi connectivity index (χ3n) is 3.39. The molecule has 1 saturated carbocycles. The summed E-state index contributed by atoms with van der Waals surface area (Å²) in [6, 6.07) is 0.710. The minimum atomic E-state index is 0.710. The molecule has 1 N–H and O–H groups in total. The number of hydrogen-bond donors (Lipinski definition) is 1. The summed E-state index contributed by atoms with van der Waals surface area (Å²) in [4.78, 5) is 4.37. The molecule has 1 fully saturated rings. The van der Waals surface area contributed by atoms with Crippen LogP contribution < -0.4 is 5.32 Å². The second-order valence-corrected chi connectivity index (χ2v) is 4.63. The summed E-state index contributed by atoms with van der Waals surface area (Å²) < 4.78 is 2.20.